The SMILES string of the molecule is c1ccc2cc(-c3c4ccccc4c(-c4cncc(-c5cccc6ccccc56)n4)c4ccccc34)ccc2c1. The first-order chi connectivity index (χ1) is 19.8. The van der Waals surface area contributed by atoms with Gasteiger partial charge in [0.2, 0.25) is 0 Å². The third kappa shape index (κ3) is 3.58. The summed E-state index contributed by atoms with van der Waals surface area (Å²) in [5, 5.41) is 9.64. The largest absolute Gasteiger partial charge is 0.260 e. The van der Waals surface area contributed by atoms with Crippen molar-refractivity contribution < 1.29 is 0 Å². The van der Waals surface area contributed by atoms with Crippen LogP contribution >= 0.6 is 0 Å². The van der Waals surface area contributed by atoms with Gasteiger partial charge in [0.25, 0.3) is 0 Å². The van der Waals surface area contributed by atoms with E-state index in [1.165, 1.54) is 54.2 Å². The van der Waals surface area contributed by atoms with Gasteiger partial charge in [-0.05, 0) is 60.3 Å². The van der Waals surface area contributed by atoms with Crippen molar-refractivity contribution in [2.75, 3.05) is 0 Å². The monoisotopic (exact) mass is 508 g/mol. The molecule has 1 heterocycles. The molecule has 8 rings (SSSR count). The van der Waals surface area contributed by atoms with Crippen LogP contribution in [0.2, 0.25) is 0 Å². The number of hydrogen-bond acceptors (Lipinski definition) is 2. The Kier molecular flexibility index (Phi) is 5.17. The third-order valence-electron chi connectivity index (χ3n) is 7.93. The average molecular weight is 509 g/mol. The highest BCUT2D eigenvalue weighted by Gasteiger charge is 2.18. The van der Waals surface area contributed by atoms with Crippen LogP contribution in [0, 0.1) is 0 Å². The van der Waals surface area contributed by atoms with Crippen molar-refractivity contribution in [3.63, 3.8) is 0 Å². The van der Waals surface area contributed by atoms with Gasteiger partial charge in [-0.25, -0.2) is 4.98 Å². The minimum Gasteiger partial charge on any atom is -0.260 e. The van der Waals surface area contributed by atoms with Gasteiger partial charge in [-0.2, -0.15) is 0 Å². The second-order valence-corrected chi connectivity index (χ2v) is 10.2. The summed E-state index contributed by atoms with van der Waals surface area (Å²) in [6.45, 7) is 0. The summed E-state index contributed by atoms with van der Waals surface area (Å²) in [6.07, 6.45) is 3.78. The molecule has 8 aromatic rings. The number of nitrogens with zero attached hydrogens (tertiary/aromatic N) is 2. The summed E-state index contributed by atoms with van der Waals surface area (Å²) >= 11 is 0. The Morgan fingerprint density at radius 3 is 1.65 bits per heavy atom. The number of fused-ring (bicyclic) bond motifs is 4. The highest BCUT2D eigenvalue weighted by Crippen LogP contribution is 2.43. The highest BCUT2D eigenvalue weighted by atomic mass is 14.8. The van der Waals surface area contributed by atoms with E-state index in [2.05, 4.69) is 133 Å². The lowest BCUT2D eigenvalue weighted by atomic mass is 9.87. The Hall–Kier alpha value is -5.34. The Bertz CT molecular complexity index is 2170. The second kappa shape index (κ2) is 9.14. The first-order valence-electron chi connectivity index (χ1n) is 13.6. The topological polar surface area (TPSA) is 25.8 Å². The van der Waals surface area contributed by atoms with Gasteiger partial charge in [0.1, 0.15) is 0 Å². The van der Waals surface area contributed by atoms with Crippen LogP contribution in [-0.2, 0) is 0 Å². The Morgan fingerprint density at radius 1 is 0.375 bits per heavy atom. The Morgan fingerprint density at radius 2 is 0.925 bits per heavy atom. The van der Waals surface area contributed by atoms with Crippen LogP contribution < -0.4 is 0 Å². The van der Waals surface area contributed by atoms with Crippen LogP contribution in [0.3, 0.4) is 0 Å². The molecule has 0 unspecified atom stereocenters. The van der Waals surface area contributed by atoms with Crippen LogP contribution in [0.15, 0.2) is 146 Å². The molecule has 0 amide bonds. The molecule has 2 nitrogen and oxygen atoms in total. The molecule has 186 valence electrons. The van der Waals surface area contributed by atoms with Crippen molar-refractivity contribution in [2.45, 2.75) is 0 Å². The van der Waals surface area contributed by atoms with E-state index in [0.717, 1.165) is 22.5 Å². The molecule has 0 aliphatic rings. The van der Waals surface area contributed by atoms with Gasteiger partial charge in [0, 0.05) is 11.1 Å². The molecular weight excluding hydrogens is 484 g/mol. The minimum absolute atomic E-state index is 0.876. The lowest BCUT2D eigenvalue weighted by Gasteiger charge is -2.18. The standard InChI is InChI=1S/C38H24N2/c1-2-12-27-22-28(21-20-25(27)10-1)37-31-15-5-7-17-33(31)38(34-18-8-6-16-32(34)37)36-24-39-23-35(40-36)30-19-9-13-26-11-3-4-14-29(26)30/h1-24H. The van der Waals surface area contributed by atoms with E-state index in [0.29, 0.717) is 0 Å². The van der Waals surface area contributed by atoms with Crippen LogP contribution in [0.5, 0.6) is 0 Å². The molecule has 0 spiro atoms. The molecule has 0 N–H and O–H groups in total. The summed E-state index contributed by atoms with van der Waals surface area (Å²) in [4.78, 5) is 9.95. The van der Waals surface area contributed by atoms with E-state index in [-0.39, 0.29) is 0 Å². The van der Waals surface area contributed by atoms with Crippen molar-refractivity contribution in [3.8, 4) is 33.6 Å². The van der Waals surface area contributed by atoms with E-state index >= 15 is 0 Å². The fourth-order valence-electron chi connectivity index (χ4n) is 6.13. The molecule has 0 bridgehead atoms. The maximum absolute atomic E-state index is 5.24. The normalized spacial score (nSPS) is 11.5. The zero-order chi connectivity index (χ0) is 26.5. The molecule has 0 aliphatic heterocycles. The van der Waals surface area contributed by atoms with E-state index in [1.54, 1.807) is 0 Å². The van der Waals surface area contributed by atoms with Crippen molar-refractivity contribution in [2.24, 2.45) is 0 Å². The maximum atomic E-state index is 5.24. The quantitative estimate of drug-likeness (QED) is 0.222. The van der Waals surface area contributed by atoms with Gasteiger partial charge < -0.3 is 0 Å². The molecule has 0 fully saturated rings. The lowest BCUT2D eigenvalue weighted by molar-refractivity contribution is 1.22. The van der Waals surface area contributed by atoms with Crippen molar-refractivity contribution in [1.82, 2.24) is 9.97 Å². The zero-order valence-electron chi connectivity index (χ0n) is 21.8. The number of aromatic nitrogens is 2. The van der Waals surface area contributed by atoms with Gasteiger partial charge in [0.05, 0.1) is 23.8 Å². The maximum Gasteiger partial charge on any atom is 0.0905 e. The summed E-state index contributed by atoms with van der Waals surface area (Å²) in [5.74, 6) is 0. The van der Waals surface area contributed by atoms with Crippen LogP contribution in [0.25, 0.3) is 76.7 Å². The van der Waals surface area contributed by atoms with Gasteiger partial charge in [-0.3, -0.25) is 4.98 Å². The van der Waals surface area contributed by atoms with E-state index < -0.39 is 0 Å². The van der Waals surface area contributed by atoms with Gasteiger partial charge >= 0.3 is 0 Å². The fourth-order valence-corrected chi connectivity index (χ4v) is 6.13. The molecule has 7 aromatic carbocycles. The fraction of sp³-hybridized carbons (Fsp3) is 0. The molecule has 0 saturated carbocycles. The lowest BCUT2D eigenvalue weighted by Crippen LogP contribution is -1.95. The predicted octanol–water partition coefficient (Wildman–Crippen LogP) is 10.1. The third-order valence-corrected chi connectivity index (χ3v) is 7.93. The summed E-state index contributed by atoms with van der Waals surface area (Å²) in [6, 6.07) is 47.5. The molecule has 1 aromatic heterocycles. The van der Waals surface area contributed by atoms with Crippen molar-refractivity contribution in [3.05, 3.63) is 146 Å². The van der Waals surface area contributed by atoms with Crippen LogP contribution in [0.1, 0.15) is 0 Å². The smallest absolute Gasteiger partial charge is 0.0905 e. The number of hydrogen-bond donors (Lipinski definition) is 0. The first kappa shape index (κ1) is 22.6. The molecule has 0 atom stereocenters. The number of benzene rings is 7. The zero-order valence-corrected chi connectivity index (χ0v) is 21.8. The van der Waals surface area contributed by atoms with Crippen LogP contribution in [0.4, 0.5) is 0 Å². The first-order valence-corrected chi connectivity index (χ1v) is 13.6. The van der Waals surface area contributed by atoms with Gasteiger partial charge in [0.15, 0.2) is 0 Å². The van der Waals surface area contributed by atoms with E-state index in [1.807, 2.05) is 12.4 Å². The van der Waals surface area contributed by atoms with E-state index in [4.69, 9.17) is 9.97 Å². The summed E-state index contributed by atoms with van der Waals surface area (Å²) in [5.41, 5.74) is 6.43. The van der Waals surface area contributed by atoms with Gasteiger partial charge in [-0.1, -0.05) is 127 Å². The van der Waals surface area contributed by atoms with Gasteiger partial charge in [-0.15, -0.1) is 0 Å². The molecule has 2 heteroatoms. The Balaban J connectivity index is 1.42. The Labute approximate surface area is 232 Å². The predicted molar refractivity (Wildman–Crippen MR) is 168 cm³/mol. The van der Waals surface area contributed by atoms with Crippen LogP contribution in [-0.4, -0.2) is 9.97 Å². The number of rotatable bonds is 3. The highest BCUT2D eigenvalue weighted by molar-refractivity contribution is 6.21. The summed E-state index contributed by atoms with van der Waals surface area (Å²) in [7, 11) is 0. The molecule has 0 saturated heterocycles. The average Bonchev–Trinajstić information content (AvgIpc) is 3.03. The molecule has 40 heavy (non-hydrogen) atoms. The van der Waals surface area contributed by atoms with Crippen molar-refractivity contribution in [1.29, 1.82) is 0 Å². The molecule has 0 aliphatic carbocycles. The molecular formula is C38H24N2. The molecule has 0 radical (unpaired) electrons. The van der Waals surface area contributed by atoms with E-state index in [9.17, 15) is 0 Å². The summed E-state index contributed by atoms with van der Waals surface area (Å²) < 4.78 is 0. The van der Waals surface area contributed by atoms with Crippen molar-refractivity contribution >= 4 is 43.1 Å². The minimum atomic E-state index is 0.876. The second-order valence-electron chi connectivity index (χ2n) is 10.2.